The van der Waals surface area contributed by atoms with Gasteiger partial charge in [0.05, 0.1) is 9.37 Å². The molecule has 0 aliphatic heterocycles. The van der Waals surface area contributed by atoms with Crippen LogP contribution in [0.3, 0.4) is 0 Å². The van der Waals surface area contributed by atoms with E-state index < -0.39 is 0 Å². The Balaban J connectivity index is 2.35. The van der Waals surface area contributed by atoms with Crippen molar-refractivity contribution in [3.05, 3.63) is 28.0 Å². The summed E-state index contributed by atoms with van der Waals surface area (Å²) in [6.45, 7) is 0.286. The van der Waals surface area contributed by atoms with Gasteiger partial charge in [-0.3, -0.25) is 0 Å². The number of benzene rings is 1. The van der Waals surface area contributed by atoms with Gasteiger partial charge in [0.15, 0.2) is 5.82 Å². The van der Waals surface area contributed by atoms with Crippen LogP contribution < -0.4 is 5.73 Å². The van der Waals surface area contributed by atoms with Crippen LogP contribution in [0, 0.1) is 5.82 Å². The molecule has 1 aromatic carbocycles. The summed E-state index contributed by atoms with van der Waals surface area (Å²) < 4.78 is 15.8. The largest absolute Gasteiger partial charge is 0.326 e. The molecule has 0 atom stereocenters. The third kappa shape index (κ3) is 2.48. The zero-order valence-electron chi connectivity index (χ0n) is 8.89. The number of tetrazole rings is 1. The maximum atomic E-state index is 14.0. The van der Waals surface area contributed by atoms with E-state index in [4.69, 9.17) is 5.73 Å². The van der Waals surface area contributed by atoms with Gasteiger partial charge in [-0.05, 0) is 49.7 Å². The first-order valence-electron chi connectivity index (χ1n) is 4.70. The van der Waals surface area contributed by atoms with E-state index >= 15 is 0 Å². The first-order chi connectivity index (χ1) is 8.13. The molecule has 17 heavy (non-hydrogen) atoms. The number of hydrogen-bond donors (Lipinski definition) is 1. The van der Waals surface area contributed by atoms with Crippen molar-refractivity contribution in [1.29, 1.82) is 0 Å². The molecule has 1 aromatic heterocycles. The minimum Gasteiger partial charge on any atom is -0.326 e. The summed E-state index contributed by atoms with van der Waals surface area (Å²) in [5, 5.41) is 11.5. The SMILES string of the molecule is Cn1nnnc1Sc1ccc(CN)c(Br)c1F. The van der Waals surface area contributed by atoms with Crippen LogP contribution in [-0.4, -0.2) is 20.2 Å². The molecule has 90 valence electrons. The number of nitrogens with zero attached hydrogens (tertiary/aromatic N) is 4. The maximum Gasteiger partial charge on any atom is 0.213 e. The molecule has 2 rings (SSSR count). The predicted octanol–water partition coefficient (Wildman–Crippen LogP) is 1.72. The molecule has 0 aliphatic rings. The lowest BCUT2D eigenvalue weighted by Gasteiger charge is -2.06. The molecule has 8 heteroatoms. The predicted molar refractivity (Wildman–Crippen MR) is 64.9 cm³/mol. The monoisotopic (exact) mass is 317 g/mol. The molecule has 0 bridgehead atoms. The molecule has 0 saturated carbocycles. The number of halogens is 2. The Hall–Kier alpha value is -0.990. The zero-order valence-corrected chi connectivity index (χ0v) is 11.3. The molecule has 0 spiro atoms. The quantitative estimate of drug-likeness (QED) is 0.933. The van der Waals surface area contributed by atoms with Crippen molar-refractivity contribution in [2.45, 2.75) is 16.6 Å². The molecule has 0 fully saturated rings. The van der Waals surface area contributed by atoms with Crippen LogP contribution in [0.4, 0.5) is 4.39 Å². The number of rotatable bonds is 3. The Kier molecular flexibility index (Phi) is 3.75. The Morgan fingerprint density at radius 2 is 2.29 bits per heavy atom. The summed E-state index contributed by atoms with van der Waals surface area (Å²) in [4.78, 5) is 0.451. The Bertz CT molecular complexity index is 544. The summed E-state index contributed by atoms with van der Waals surface area (Å²) >= 11 is 4.35. The molecule has 0 amide bonds. The minimum atomic E-state index is -0.346. The molecule has 2 N–H and O–H groups in total. The van der Waals surface area contributed by atoms with Crippen LogP contribution in [0.15, 0.2) is 26.7 Å². The van der Waals surface area contributed by atoms with Crippen molar-refractivity contribution in [1.82, 2.24) is 20.2 Å². The summed E-state index contributed by atoms with van der Waals surface area (Å²) in [7, 11) is 1.70. The maximum absolute atomic E-state index is 14.0. The average Bonchev–Trinajstić information content (AvgIpc) is 2.71. The fourth-order valence-corrected chi connectivity index (χ4v) is 2.62. The molecule has 5 nitrogen and oxygen atoms in total. The van der Waals surface area contributed by atoms with Gasteiger partial charge in [-0.1, -0.05) is 6.07 Å². The fourth-order valence-electron chi connectivity index (χ4n) is 1.21. The second-order valence-corrected chi connectivity index (χ2v) is 5.04. The summed E-state index contributed by atoms with van der Waals surface area (Å²) in [6, 6.07) is 3.45. The third-order valence-electron chi connectivity index (χ3n) is 2.13. The van der Waals surface area contributed by atoms with Gasteiger partial charge >= 0.3 is 0 Å². The van der Waals surface area contributed by atoms with E-state index in [1.807, 2.05) is 0 Å². The normalized spacial score (nSPS) is 10.8. The smallest absolute Gasteiger partial charge is 0.213 e. The number of aromatic nitrogens is 4. The Labute approximate surface area is 110 Å². The second-order valence-electron chi connectivity index (χ2n) is 3.24. The van der Waals surface area contributed by atoms with Crippen LogP contribution in [0.25, 0.3) is 0 Å². The van der Waals surface area contributed by atoms with E-state index in [2.05, 4.69) is 31.5 Å². The van der Waals surface area contributed by atoms with Crippen LogP contribution >= 0.6 is 27.7 Å². The molecule has 0 radical (unpaired) electrons. The van der Waals surface area contributed by atoms with E-state index in [1.165, 1.54) is 4.68 Å². The molecular weight excluding hydrogens is 309 g/mol. The zero-order chi connectivity index (χ0) is 12.4. The highest BCUT2D eigenvalue weighted by atomic mass is 79.9. The van der Waals surface area contributed by atoms with E-state index in [0.717, 1.165) is 17.3 Å². The topological polar surface area (TPSA) is 69.6 Å². The number of aryl methyl sites for hydroxylation is 1. The first kappa shape index (κ1) is 12.5. The van der Waals surface area contributed by atoms with Crippen LogP contribution in [0.5, 0.6) is 0 Å². The van der Waals surface area contributed by atoms with Crippen LogP contribution in [0.2, 0.25) is 0 Å². The van der Waals surface area contributed by atoms with E-state index in [-0.39, 0.29) is 12.4 Å². The van der Waals surface area contributed by atoms with Crippen molar-refractivity contribution >= 4 is 27.7 Å². The molecule has 0 aliphatic carbocycles. The van der Waals surface area contributed by atoms with Crippen molar-refractivity contribution < 1.29 is 4.39 Å². The van der Waals surface area contributed by atoms with Gasteiger partial charge in [0.2, 0.25) is 5.16 Å². The van der Waals surface area contributed by atoms with Crippen molar-refractivity contribution in [3.63, 3.8) is 0 Å². The molecule has 0 saturated heterocycles. The molecular formula is C9H9BrFN5S. The number of hydrogen-bond acceptors (Lipinski definition) is 5. The van der Waals surface area contributed by atoms with Crippen LogP contribution in [-0.2, 0) is 13.6 Å². The van der Waals surface area contributed by atoms with E-state index in [9.17, 15) is 4.39 Å². The minimum absolute atomic E-state index is 0.286. The van der Waals surface area contributed by atoms with Gasteiger partial charge in [0.1, 0.15) is 0 Å². The molecule has 0 unspecified atom stereocenters. The Morgan fingerprint density at radius 3 is 2.88 bits per heavy atom. The molecule has 1 heterocycles. The second kappa shape index (κ2) is 5.11. The van der Waals surface area contributed by atoms with Crippen molar-refractivity contribution in [3.8, 4) is 0 Å². The molecule has 2 aromatic rings. The number of nitrogens with two attached hydrogens (primary N) is 1. The standard InChI is InChI=1S/C9H9BrFN5S/c1-16-9(13-14-15-16)17-6-3-2-5(4-12)7(10)8(6)11/h2-3H,4,12H2,1H3. The Morgan fingerprint density at radius 1 is 1.53 bits per heavy atom. The van der Waals surface area contributed by atoms with E-state index in [1.54, 1.807) is 19.2 Å². The first-order valence-corrected chi connectivity index (χ1v) is 6.31. The highest BCUT2D eigenvalue weighted by molar-refractivity contribution is 9.10. The van der Waals surface area contributed by atoms with Gasteiger partial charge in [-0.25, -0.2) is 9.07 Å². The summed E-state index contributed by atoms with van der Waals surface area (Å²) in [6.07, 6.45) is 0. The van der Waals surface area contributed by atoms with Gasteiger partial charge in [-0.2, -0.15) is 0 Å². The highest BCUT2D eigenvalue weighted by Crippen LogP contribution is 2.32. The highest BCUT2D eigenvalue weighted by Gasteiger charge is 2.14. The average molecular weight is 318 g/mol. The van der Waals surface area contributed by atoms with Gasteiger partial charge in [0.25, 0.3) is 0 Å². The van der Waals surface area contributed by atoms with Gasteiger partial charge < -0.3 is 5.73 Å². The summed E-state index contributed by atoms with van der Waals surface area (Å²) in [5.74, 6) is -0.346. The lowest BCUT2D eigenvalue weighted by molar-refractivity contribution is 0.590. The van der Waals surface area contributed by atoms with Crippen LogP contribution in [0.1, 0.15) is 5.56 Å². The van der Waals surface area contributed by atoms with Gasteiger partial charge in [0, 0.05) is 13.6 Å². The fraction of sp³-hybridized carbons (Fsp3) is 0.222. The third-order valence-corrected chi connectivity index (χ3v) is 4.05. The van der Waals surface area contributed by atoms with Crippen molar-refractivity contribution in [2.24, 2.45) is 12.8 Å². The van der Waals surface area contributed by atoms with Gasteiger partial charge in [-0.15, -0.1) is 5.10 Å². The van der Waals surface area contributed by atoms with Crippen molar-refractivity contribution in [2.75, 3.05) is 0 Å². The van der Waals surface area contributed by atoms with E-state index in [0.29, 0.717) is 14.5 Å². The lowest BCUT2D eigenvalue weighted by Crippen LogP contribution is -2.00. The lowest BCUT2D eigenvalue weighted by atomic mass is 10.2. The summed E-state index contributed by atoms with van der Waals surface area (Å²) in [5.41, 5.74) is 6.21.